The molecule has 2 heterocycles. The highest BCUT2D eigenvalue weighted by atomic mass is 35.5. The smallest absolute Gasteiger partial charge is 0.241 e. The first kappa shape index (κ1) is 19.9. The van der Waals surface area contributed by atoms with Gasteiger partial charge in [0.05, 0.1) is 6.54 Å². The molecule has 27 heavy (non-hydrogen) atoms. The molecular formula is C22H28ClN3O. The van der Waals surface area contributed by atoms with E-state index < -0.39 is 0 Å². The van der Waals surface area contributed by atoms with Gasteiger partial charge in [-0.25, -0.2) is 0 Å². The first-order chi connectivity index (χ1) is 12.7. The Bertz CT molecular complexity index is 769. The fourth-order valence-corrected chi connectivity index (χ4v) is 3.95. The number of carbonyl (C=O) groups is 1. The molecular weight excluding hydrogens is 358 g/mol. The van der Waals surface area contributed by atoms with Gasteiger partial charge in [0.2, 0.25) is 5.91 Å². The van der Waals surface area contributed by atoms with Crippen LogP contribution in [0.15, 0.2) is 48.5 Å². The van der Waals surface area contributed by atoms with E-state index in [0.29, 0.717) is 6.54 Å². The summed E-state index contributed by atoms with van der Waals surface area (Å²) in [4.78, 5) is 19.4. The van der Waals surface area contributed by atoms with Gasteiger partial charge in [-0.1, -0.05) is 49.4 Å². The molecule has 0 aromatic heterocycles. The van der Waals surface area contributed by atoms with Crippen molar-refractivity contribution in [2.45, 2.75) is 20.4 Å². The summed E-state index contributed by atoms with van der Waals surface area (Å²) in [7, 11) is 0. The van der Waals surface area contributed by atoms with Crippen LogP contribution in [0, 0.1) is 0 Å². The summed E-state index contributed by atoms with van der Waals surface area (Å²) < 4.78 is 0. The Hall–Kier alpha value is -1.88. The summed E-state index contributed by atoms with van der Waals surface area (Å²) in [5.74, 6) is 0.223. The fourth-order valence-electron chi connectivity index (χ4n) is 3.83. The van der Waals surface area contributed by atoms with Gasteiger partial charge in [-0.15, -0.1) is 0 Å². The van der Waals surface area contributed by atoms with Crippen molar-refractivity contribution in [2.24, 2.45) is 0 Å². The van der Waals surface area contributed by atoms with Crippen LogP contribution in [0.3, 0.4) is 0 Å². The Labute approximate surface area is 167 Å². The topological polar surface area (TPSA) is 26.8 Å². The summed E-state index contributed by atoms with van der Waals surface area (Å²) in [5, 5.41) is 0.778. The molecule has 4 rings (SSSR count). The summed E-state index contributed by atoms with van der Waals surface area (Å²) in [6.45, 7) is 6.14. The van der Waals surface area contributed by atoms with Crippen molar-refractivity contribution in [2.75, 3.05) is 44.2 Å². The monoisotopic (exact) mass is 385 g/mol. The number of nitrogens with zero attached hydrogens (tertiary/aromatic N) is 3. The maximum atomic E-state index is 12.7. The van der Waals surface area contributed by atoms with E-state index in [1.54, 1.807) is 0 Å². The predicted octanol–water partition coefficient (Wildman–Crippen LogP) is 3.68. The van der Waals surface area contributed by atoms with Crippen molar-refractivity contribution in [3.63, 3.8) is 0 Å². The van der Waals surface area contributed by atoms with E-state index in [4.69, 9.17) is 11.6 Å². The standard InChI is InChI=1S/C21H24ClN3O.CH4/c22-19-7-5-17(6-8-19)15-23-11-13-24(14-12-23)16-21(26)25-10-9-18-3-1-2-4-20(18)25;/h1-8H,9-16H2;1H4. The molecule has 4 nitrogen and oxygen atoms in total. The van der Waals surface area contributed by atoms with Gasteiger partial charge < -0.3 is 4.90 Å². The van der Waals surface area contributed by atoms with Gasteiger partial charge in [0, 0.05) is 50.0 Å². The molecule has 2 aromatic carbocycles. The van der Waals surface area contributed by atoms with Crippen molar-refractivity contribution in [1.29, 1.82) is 0 Å². The molecule has 0 atom stereocenters. The summed E-state index contributed by atoms with van der Waals surface area (Å²) in [6.07, 6.45) is 0.969. The molecule has 0 unspecified atom stereocenters. The highest BCUT2D eigenvalue weighted by molar-refractivity contribution is 6.30. The number of fused-ring (bicyclic) bond motifs is 1. The van der Waals surface area contributed by atoms with E-state index in [1.165, 1.54) is 11.1 Å². The van der Waals surface area contributed by atoms with Crippen molar-refractivity contribution in [1.82, 2.24) is 9.80 Å². The van der Waals surface area contributed by atoms with E-state index >= 15 is 0 Å². The van der Waals surface area contributed by atoms with E-state index in [0.717, 1.165) is 56.4 Å². The summed E-state index contributed by atoms with van der Waals surface area (Å²) >= 11 is 5.95. The third kappa shape index (κ3) is 4.70. The molecule has 5 heteroatoms. The first-order valence-electron chi connectivity index (χ1n) is 9.26. The lowest BCUT2D eigenvalue weighted by molar-refractivity contribution is -0.120. The number of anilines is 1. The Morgan fingerprint density at radius 3 is 2.30 bits per heavy atom. The molecule has 0 N–H and O–H groups in total. The van der Waals surface area contributed by atoms with Crippen LogP contribution in [0.5, 0.6) is 0 Å². The van der Waals surface area contributed by atoms with Crippen LogP contribution in [0.1, 0.15) is 18.6 Å². The minimum atomic E-state index is 0. The average Bonchev–Trinajstić information content (AvgIpc) is 3.09. The van der Waals surface area contributed by atoms with Crippen LogP contribution in [0.2, 0.25) is 5.02 Å². The van der Waals surface area contributed by atoms with E-state index in [2.05, 4.69) is 34.1 Å². The summed E-state index contributed by atoms with van der Waals surface area (Å²) in [5.41, 5.74) is 3.67. The Morgan fingerprint density at radius 1 is 0.889 bits per heavy atom. The van der Waals surface area contributed by atoms with Gasteiger partial charge in [0.25, 0.3) is 0 Å². The molecule has 1 fully saturated rings. The van der Waals surface area contributed by atoms with Crippen LogP contribution in [0.4, 0.5) is 5.69 Å². The molecule has 2 aliphatic heterocycles. The van der Waals surface area contributed by atoms with Gasteiger partial charge in [-0.3, -0.25) is 14.6 Å². The number of amides is 1. The second-order valence-corrected chi connectivity index (χ2v) is 7.54. The Kier molecular flexibility index (Phi) is 6.53. The number of hydrogen-bond acceptors (Lipinski definition) is 3. The Morgan fingerprint density at radius 2 is 1.56 bits per heavy atom. The van der Waals surface area contributed by atoms with Crippen molar-refractivity contribution < 1.29 is 4.79 Å². The minimum absolute atomic E-state index is 0. The molecule has 0 aliphatic carbocycles. The van der Waals surface area contributed by atoms with E-state index in [9.17, 15) is 4.79 Å². The second kappa shape index (κ2) is 8.87. The van der Waals surface area contributed by atoms with E-state index in [-0.39, 0.29) is 13.3 Å². The third-order valence-corrected chi connectivity index (χ3v) is 5.58. The lowest BCUT2D eigenvalue weighted by Crippen LogP contribution is -2.49. The SMILES string of the molecule is C.O=C(CN1CCN(Cc2ccc(Cl)cc2)CC1)N1CCc2ccccc21. The van der Waals surface area contributed by atoms with Crippen molar-refractivity contribution in [3.05, 3.63) is 64.7 Å². The van der Waals surface area contributed by atoms with Crippen molar-refractivity contribution in [3.8, 4) is 0 Å². The molecule has 0 saturated carbocycles. The predicted molar refractivity (Wildman–Crippen MR) is 112 cm³/mol. The summed E-state index contributed by atoms with van der Waals surface area (Å²) in [6, 6.07) is 16.3. The highest BCUT2D eigenvalue weighted by Gasteiger charge is 2.26. The third-order valence-electron chi connectivity index (χ3n) is 5.33. The number of piperazine rings is 1. The zero-order valence-corrected chi connectivity index (χ0v) is 15.7. The number of carbonyl (C=O) groups excluding carboxylic acids is 1. The van der Waals surface area contributed by atoms with Crippen LogP contribution in [0.25, 0.3) is 0 Å². The van der Waals surface area contributed by atoms with Crippen LogP contribution in [-0.2, 0) is 17.8 Å². The molecule has 2 aliphatic rings. The lowest BCUT2D eigenvalue weighted by Gasteiger charge is -2.35. The van der Waals surface area contributed by atoms with Gasteiger partial charge in [-0.2, -0.15) is 0 Å². The molecule has 1 amide bonds. The number of para-hydroxylation sites is 1. The van der Waals surface area contributed by atoms with Crippen LogP contribution >= 0.6 is 11.6 Å². The Balaban J connectivity index is 0.00000210. The second-order valence-electron chi connectivity index (χ2n) is 7.10. The number of benzene rings is 2. The molecule has 1 saturated heterocycles. The molecule has 0 spiro atoms. The molecule has 0 radical (unpaired) electrons. The number of rotatable bonds is 4. The fraction of sp³-hybridized carbons (Fsp3) is 0.409. The van der Waals surface area contributed by atoms with Crippen LogP contribution in [-0.4, -0.2) is 55.0 Å². The zero-order valence-electron chi connectivity index (χ0n) is 14.9. The average molecular weight is 386 g/mol. The van der Waals surface area contributed by atoms with Gasteiger partial charge >= 0.3 is 0 Å². The van der Waals surface area contributed by atoms with Gasteiger partial charge in [0.15, 0.2) is 0 Å². The maximum absolute atomic E-state index is 12.7. The molecule has 144 valence electrons. The number of halogens is 1. The van der Waals surface area contributed by atoms with E-state index in [1.807, 2.05) is 29.2 Å². The zero-order chi connectivity index (χ0) is 17.9. The molecule has 0 bridgehead atoms. The number of hydrogen-bond donors (Lipinski definition) is 0. The van der Waals surface area contributed by atoms with Gasteiger partial charge in [0.1, 0.15) is 0 Å². The quantitative estimate of drug-likeness (QED) is 0.803. The maximum Gasteiger partial charge on any atom is 0.241 e. The van der Waals surface area contributed by atoms with Gasteiger partial charge in [-0.05, 0) is 35.7 Å². The highest BCUT2D eigenvalue weighted by Crippen LogP contribution is 2.27. The first-order valence-corrected chi connectivity index (χ1v) is 9.64. The molecule has 2 aromatic rings. The normalized spacial score (nSPS) is 17.4. The largest absolute Gasteiger partial charge is 0.311 e. The van der Waals surface area contributed by atoms with Crippen molar-refractivity contribution >= 4 is 23.2 Å². The minimum Gasteiger partial charge on any atom is -0.311 e. The van der Waals surface area contributed by atoms with Crippen LogP contribution < -0.4 is 4.90 Å². The lowest BCUT2D eigenvalue weighted by atomic mass is 10.2.